The van der Waals surface area contributed by atoms with Crippen LogP contribution in [0.1, 0.15) is 10.4 Å². The molecule has 9 heteroatoms. The molecule has 0 unspecified atom stereocenters. The summed E-state index contributed by atoms with van der Waals surface area (Å²) in [7, 11) is 0. The highest BCUT2D eigenvalue weighted by atomic mass is 19.2. The first-order valence-electron chi connectivity index (χ1n) is 6.47. The lowest BCUT2D eigenvalue weighted by atomic mass is 10.1. The smallest absolute Gasteiger partial charge is 0.257 e. The van der Waals surface area contributed by atoms with Gasteiger partial charge in [-0.1, -0.05) is 18.2 Å². The van der Waals surface area contributed by atoms with Crippen LogP contribution in [0.15, 0.2) is 30.3 Å². The Labute approximate surface area is 132 Å². The average molecular weight is 344 g/mol. The van der Waals surface area contributed by atoms with Gasteiger partial charge in [0.1, 0.15) is 5.56 Å². The lowest BCUT2D eigenvalue weighted by Crippen LogP contribution is -2.34. The summed E-state index contributed by atoms with van der Waals surface area (Å²) < 4.78 is 65.8. The van der Waals surface area contributed by atoms with Gasteiger partial charge in [0.05, 0.1) is 6.54 Å². The maximum Gasteiger partial charge on any atom is 0.257 e. The molecule has 2 rings (SSSR count). The summed E-state index contributed by atoms with van der Waals surface area (Å²) in [5.41, 5.74) is -1.26. The number of benzene rings is 2. The third-order valence-electron chi connectivity index (χ3n) is 2.90. The van der Waals surface area contributed by atoms with Crippen molar-refractivity contribution >= 4 is 17.5 Å². The summed E-state index contributed by atoms with van der Waals surface area (Å²) in [6.07, 6.45) is 0. The zero-order valence-electron chi connectivity index (χ0n) is 11.8. The van der Waals surface area contributed by atoms with Crippen molar-refractivity contribution in [2.45, 2.75) is 0 Å². The summed E-state index contributed by atoms with van der Waals surface area (Å²) in [5.74, 6) is -13.8. The molecule has 2 aromatic carbocycles. The summed E-state index contributed by atoms with van der Waals surface area (Å²) in [6, 6.07) is 8.04. The first-order chi connectivity index (χ1) is 11.3. The van der Waals surface area contributed by atoms with Gasteiger partial charge in [0.2, 0.25) is 11.7 Å². The van der Waals surface area contributed by atoms with Crippen LogP contribution in [0.2, 0.25) is 0 Å². The van der Waals surface area contributed by atoms with Gasteiger partial charge in [0, 0.05) is 5.69 Å². The van der Waals surface area contributed by atoms with E-state index in [4.69, 9.17) is 0 Å². The molecule has 0 radical (unpaired) electrons. The Morgan fingerprint density at radius 3 is 1.83 bits per heavy atom. The number of para-hydroxylation sites is 1. The van der Waals surface area contributed by atoms with Crippen molar-refractivity contribution in [1.29, 1.82) is 0 Å². The van der Waals surface area contributed by atoms with Crippen LogP contribution in [0.3, 0.4) is 0 Å². The molecule has 0 atom stereocenters. The fraction of sp³-hybridized carbons (Fsp3) is 0.0667. The minimum Gasteiger partial charge on any atom is -0.343 e. The molecule has 0 saturated heterocycles. The number of amides is 2. The minimum atomic E-state index is -2.37. The number of carbonyl (C=O) groups excluding carboxylic acids is 2. The molecule has 2 aromatic rings. The number of carbonyl (C=O) groups is 2. The summed E-state index contributed by atoms with van der Waals surface area (Å²) in [4.78, 5) is 23.2. The normalized spacial score (nSPS) is 10.4. The third kappa shape index (κ3) is 3.50. The second-order valence-corrected chi connectivity index (χ2v) is 4.54. The average Bonchev–Trinajstić information content (AvgIpc) is 2.57. The summed E-state index contributed by atoms with van der Waals surface area (Å²) >= 11 is 0. The maximum atomic E-state index is 13.4. The molecule has 0 aliphatic rings. The molecule has 0 aromatic heterocycles. The number of rotatable bonds is 4. The van der Waals surface area contributed by atoms with E-state index in [0.29, 0.717) is 5.69 Å². The lowest BCUT2D eigenvalue weighted by Gasteiger charge is -2.09. The van der Waals surface area contributed by atoms with E-state index >= 15 is 0 Å². The van der Waals surface area contributed by atoms with E-state index in [1.54, 1.807) is 35.6 Å². The van der Waals surface area contributed by atoms with Crippen molar-refractivity contribution in [3.63, 3.8) is 0 Å². The van der Waals surface area contributed by atoms with Crippen molar-refractivity contribution in [3.8, 4) is 0 Å². The van der Waals surface area contributed by atoms with E-state index in [1.165, 1.54) is 0 Å². The van der Waals surface area contributed by atoms with E-state index in [9.17, 15) is 31.5 Å². The first kappa shape index (κ1) is 17.4. The predicted molar refractivity (Wildman–Crippen MR) is 73.6 cm³/mol. The summed E-state index contributed by atoms with van der Waals surface area (Å²) in [5, 5.41) is 4.15. The minimum absolute atomic E-state index is 0.396. The van der Waals surface area contributed by atoms with Crippen LogP contribution in [-0.4, -0.2) is 18.4 Å². The molecule has 24 heavy (non-hydrogen) atoms. The topological polar surface area (TPSA) is 58.2 Å². The van der Waals surface area contributed by atoms with Crippen LogP contribution in [0.5, 0.6) is 0 Å². The number of anilines is 1. The molecular weight excluding hydrogens is 335 g/mol. The third-order valence-corrected chi connectivity index (χ3v) is 2.90. The van der Waals surface area contributed by atoms with Crippen LogP contribution < -0.4 is 10.6 Å². The van der Waals surface area contributed by atoms with Crippen LogP contribution >= 0.6 is 0 Å². The number of halogens is 5. The number of hydrogen-bond donors (Lipinski definition) is 2. The highest BCUT2D eigenvalue weighted by Gasteiger charge is 2.29. The van der Waals surface area contributed by atoms with Gasteiger partial charge < -0.3 is 10.6 Å². The molecule has 0 spiro atoms. The predicted octanol–water partition coefficient (Wildman–Crippen LogP) is 2.75. The Hall–Kier alpha value is -2.97. The summed E-state index contributed by atoms with van der Waals surface area (Å²) in [6.45, 7) is -0.729. The Morgan fingerprint density at radius 1 is 0.792 bits per heavy atom. The zero-order chi connectivity index (χ0) is 17.9. The molecule has 2 amide bonds. The molecule has 0 fully saturated rings. The van der Waals surface area contributed by atoms with Crippen LogP contribution in [0.25, 0.3) is 0 Å². The fourth-order valence-electron chi connectivity index (χ4n) is 1.78. The number of hydrogen-bond acceptors (Lipinski definition) is 2. The Balaban J connectivity index is 2.10. The first-order valence-corrected chi connectivity index (χ1v) is 6.47. The van der Waals surface area contributed by atoms with Gasteiger partial charge in [-0.05, 0) is 12.1 Å². The second kappa shape index (κ2) is 7.07. The monoisotopic (exact) mass is 344 g/mol. The van der Waals surface area contributed by atoms with Crippen LogP contribution in [0, 0.1) is 29.1 Å². The highest BCUT2D eigenvalue weighted by molar-refractivity contribution is 5.99. The molecule has 0 bridgehead atoms. The molecule has 0 aliphatic heterocycles. The van der Waals surface area contributed by atoms with E-state index in [-0.39, 0.29) is 0 Å². The van der Waals surface area contributed by atoms with Gasteiger partial charge in [-0.15, -0.1) is 0 Å². The lowest BCUT2D eigenvalue weighted by molar-refractivity contribution is -0.115. The molecular formula is C15H9F5N2O2. The van der Waals surface area contributed by atoms with Gasteiger partial charge in [0.25, 0.3) is 5.91 Å². The molecule has 4 nitrogen and oxygen atoms in total. The molecule has 126 valence electrons. The van der Waals surface area contributed by atoms with E-state index < -0.39 is 53.0 Å². The van der Waals surface area contributed by atoms with Gasteiger partial charge in [-0.2, -0.15) is 0 Å². The van der Waals surface area contributed by atoms with Crippen LogP contribution in [0.4, 0.5) is 27.6 Å². The second-order valence-electron chi connectivity index (χ2n) is 4.54. The zero-order valence-corrected chi connectivity index (χ0v) is 11.8. The Kier molecular flexibility index (Phi) is 5.12. The van der Waals surface area contributed by atoms with E-state index in [2.05, 4.69) is 5.32 Å². The SMILES string of the molecule is O=C(CNC(=O)c1c(F)c(F)c(F)c(F)c1F)Nc1ccccc1. The van der Waals surface area contributed by atoms with Gasteiger partial charge >= 0.3 is 0 Å². The van der Waals surface area contributed by atoms with Crippen molar-refractivity contribution in [3.05, 3.63) is 65.0 Å². The Morgan fingerprint density at radius 2 is 1.29 bits per heavy atom. The molecule has 0 saturated carbocycles. The van der Waals surface area contributed by atoms with Gasteiger partial charge in [0.15, 0.2) is 23.3 Å². The van der Waals surface area contributed by atoms with Gasteiger partial charge in [-0.3, -0.25) is 9.59 Å². The number of nitrogens with one attached hydrogen (secondary N) is 2. The van der Waals surface area contributed by atoms with Crippen LogP contribution in [-0.2, 0) is 4.79 Å². The van der Waals surface area contributed by atoms with Crippen molar-refractivity contribution < 1.29 is 31.5 Å². The largest absolute Gasteiger partial charge is 0.343 e. The molecule has 0 aliphatic carbocycles. The standard InChI is InChI=1S/C15H9F5N2O2/c16-10-9(11(17)13(19)14(20)12(10)18)15(24)21-6-8(23)22-7-4-2-1-3-5-7/h1-5H,6H2,(H,21,24)(H,22,23). The quantitative estimate of drug-likeness (QED) is 0.509. The van der Waals surface area contributed by atoms with Crippen molar-refractivity contribution in [2.24, 2.45) is 0 Å². The van der Waals surface area contributed by atoms with Crippen molar-refractivity contribution in [1.82, 2.24) is 5.32 Å². The maximum absolute atomic E-state index is 13.4. The fourth-order valence-corrected chi connectivity index (χ4v) is 1.78. The molecule has 0 heterocycles. The van der Waals surface area contributed by atoms with E-state index in [1.807, 2.05) is 0 Å². The Bertz CT molecular complexity index is 767. The van der Waals surface area contributed by atoms with E-state index in [0.717, 1.165) is 0 Å². The highest BCUT2D eigenvalue weighted by Crippen LogP contribution is 2.22. The molecule has 2 N–H and O–H groups in total. The van der Waals surface area contributed by atoms with Crippen molar-refractivity contribution in [2.75, 3.05) is 11.9 Å². The van der Waals surface area contributed by atoms with Gasteiger partial charge in [-0.25, -0.2) is 22.0 Å².